The minimum Gasteiger partial charge on any atom is -0.507 e. The number of aromatic nitrogens is 1. The minimum absolute atomic E-state index is 0.0966. The van der Waals surface area contributed by atoms with E-state index in [1.807, 2.05) is 18.2 Å². The van der Waals surface area contributed by atoms with E-state index in [0.717, 1.165) is 55.4 Å². The van der Waals surface area contributed by atoms with Crippen LogP contribution >= 0.6 is 0 Å². The summed E-state index contributed by atoms with van der Waals surface area (Å²) in [4.78, 5) is 10.4. The zero-order valence-electron chi connectivity index (χ0n) is 30.6. The monoisotopic (exact) mass is 658 g/mol. The number of oxazole rings is 1. The Balaban J connectivity index is 1.44. The largest absolute Gasteiger partial charge is 0.507 e. The topological polar surface area (TPSA) is 58.6 Å². The molecule has 7 rings (SSSR count). The average molecular weight is 659 g/mol. The molecule has 0 aliphatic carbocycles. The second-order valence-corrected chi connectivity index (χ2v) is 16.6. The van der Waals surface area contributed by atoms with E-state index in [-0.39, 0.29) is 22.0 Å². The minimum atomic E-state index is -0.245. The van der Waals surface area contributed by atoms with Gasteiger partial charge in [-0.1, -0.05) is 135 Å². The van der Waals surface area contributed by atoms with Gasteiger partial charge in [0, 0.05) is 28.3 Å². The molecule has 0 unspecified atom stereocenters. The lowest BCUT2D eigenvalue weighted by Crippen LogP contribution is -2.17. The molecule has 1 N–H and O–H groups in total. The molecule has 1 aromatic heterocycles. The molecule has 4 nitrogen and oxygen atoms in total. The zero-order chi connectivity index (χ0) is 35.6. The van der Waals surface area contributed by atoms with E-state index in [9.17, 15) is 5.11 Å². The van der Waals surface area contributed by atoms with Crippen molar-refractivity contribution in [3.05, 3.63) is 125 Å². The fourth-order valence-electron chi connectivity index (χ4n) is 6.62. The van der Waals surface area contributed by atoms with Crippen LogP contribution < -0.4 is 0 Å². The first-order valence-electron chi connectivity index (χ1n) is 17.5. The smallest absolute Gasteiger partial charge is 0.229 e. The van der Waals surface area contributed by atoms with Crippen molar-refractivity contribution in [2.45, 2.75) is 78.6 Å². The third kappa shape index (κ3) is 6.20. The predicted molar refractivity (Wildman–Crippen MR) is 211 cm³/mol. The third-order valence-electron chi connectivity index (χ3n) is 9.70. The van der Waals surface area contributed by atoms with Gasteiger partial charge in [-0.05, 0) is 79.4 Å². The molecule has 0 aliphatic heterocycles. The van der Waals surface area contributed by atoms with E-state index >= 15 is 0 Å². The molecule has 0 fully saturated rings. The van der Waals surface area contributed by atoms with Gasteiger partial charge in [0.05, 0.1) is 11.3 Å². The molecule has 0 spiro atoms. The number of aromatic hydroxyl groups is 1. The van der Waals surface area contributed by atoms with Crippen molar-refractivity contribution in [3.63, 3.8) is 0 Å². The van der Waals surface area contributed by atoms with Gasteiger partial charge in [-0.3, -0.25) is 4.99 Å². The van der Waals surface area contributed by atoms with Gasteiger partial charge in [-0.25, -0.2) is 4.98 Å². The van der Waals surface area contributed by atoms with Crippen LogP contribution in [0.4, 0.5) is 5.69 Å². The van der Waals surface area contributed by atoms with Crippen molar-refractivity contribution in [2.24, 2.45) is 4.99 Å². The summed E-state index contributed by atoms with van der Waals surface area (Å²) in [6.45, 7) is 19.6. The maximum absolute atomic E-state index is 11.6. The fourth-order valence-corrected chi connectivity index (χ4v) is 6.62. The molecule has 0 radical (unpaired) electrons. The van der Waals surface area contributed by atoms with Gasteiger partial charge in [0.2, 0.25) is 5.89 Å². The Morgan fingerprint density at radius 2 is 1.26 bits per heavy atom. The van der Waals surface area contributed by atoms with Crippen molar-refractivity contribution in [2.75, 3.05) is 0 Å². The molecule has 0 atom stereocenters. The molecule has 1 heterocycles. The first kappa shape index (κ1) is 33.3. The highest BCUT2D eigenvalue weighted by molar-refractivity contribution is 6.03. The standard InChI is InChI=1S/C46H46N2O2/c1-44(2,3)33-23-32(42(49)38(25-33)46(7,8)9)27-47-40-35-17-13-12-15-29(35)20-21-36(40)43-48-41-37(24-34(45(4,5)6)26-39(41)50-43)31-19-18-28-14-10-11-16-30(28)22-31/h10-27,49H,1-9H3. The van der Waals surface area contributed by atoms with Crippen LogP contribution in [0.2, 0.25) is 0 Å². The first-order chi connectivity index (χ1) is 23.6. The normalized spacial score (nSPS) is 12.9. The second-order valence-electron chi connectivity index (χ2n) is 16.6. The lowest BCUT2D eigenvalue weighted by molar-refractivity contribution is 0.444. The SMILES string of the molecule is CC(C)(C)c1cc(C=Nc2c(-c3nc4c(-c5ccc6ccccc6c5)cc(C(C)(C)C)cc4o3)ccc3ccccc23)c(O)c(C(C)(C)C)c1. The Morgan fingerprint density at radius 1 is 0.620 bits per heavy atom. The molecule has 0 amide bonds. The summed E-state index contributed by atoms with van der Waals surface area (Å²) < 4.78 is 6.70. The van der Waals surface area contributed by atoms with Crippen LogP contribution in [0.5, 0.6) is 5.75 Å². The highest BCUT2D eigenvalue weighted by atomic mass is 16.3. The van der Waals surface area contributed by atoms with Crippen molar-refractivity contribution >= 4 is 44.5 Å². The average Bonchev–Trinajstić information content (AvgIpc) is 3.50. The van der Waals surface area contributed by atoms with E-state index in [0.29, 0.717) is 11.5 Å². The Labute approximate surface area is 295 Å². The van der Waals surface area contributed by atoms with Crippen LogP contribution in [0.1, 0.15) is 84.6 Å². The third-order valence-corrected chi connectivity index (χ3v) is 9.70. The maximum atomic E-state index is 11.6. The molecule has 4 heteroatoms. The molecule has 6 aromatic carbocycles. The number of aliphatic imine (C=N–C) groups is 1. The van der Waals surface area contributed by atoms with Crippen LogP contribution in [0.3, 0.4) is 0 Å². The predicted octanol–water partition coefficient (Wildman–Crippen LogP) is 12.8. The van der Waals surface area contributed by atoms with Crippen molar-refractivity contribution in [1.82, 2.24) is 4.98 Å². The summed E-state index contributed by atoms with van der Waals surface area (Å²) >= 11 is 0. The van der Waals surface area contributed by atoms with E-state index in [1.165, 1.54) is 16.3 Å². The lowest BCUT2D eigenvalue weighted by atomic mass is 9.79. The summed E-state index contributed by atoms with van der Waals surface area (Å²) in [5.74, 6) is 0.765. The number of hydrogen-bond donors (Lipinski definition) is 1. The second kappa shape index (κ2) is 12.0. The molecule has 50 heavy (non-hydrogen) atoms. The highest BCUT2D eigenvalue weighted by Gasteiger charge is 2.26. The Hall–Kier alpha value is -5.22. The summed E-state index contributed by atoms with van der Waals surface area (Å²) in [5, 5.41) is 16.0. The Kier molecular flexibility index (Phi) is 7.98. The van der Waals surface area contributed by atoms with E-state index in [2.05, 4.69) is 147 Å². The van der Waals surface area contributed by atoms with E-state index in [1.54, 1.807) is 6.21 Å². The van der Waals surface area contributed by atoms with Crippen molar-refractivity contribution in [3.8, 4) is 28.3 Å². The maximum Gasteiger partial charge on any atom is 0.229 e. The molecule has 0 saturated carbocycles. The van der Waals surface area contributed by atoms with Crippen LogP contribution in [-0.2, 0) is 16.2 Å². The van der Waals surface area contributed by atoms with Crippen molar-refractivity contribution in [1.29, 1.82) is 0 Å². The molecule has 0 saturated heterocycles. The summed E-state index contributed by atoms with van der Waals surface area (Å²) in [5.41, 5.74) is 8.70. The number of hydrogen-bond acceptors (Lipinski definition) is 4. The number of rotatable bonds is 4. The molecule has 252 valence electrons. The van der Waals surface area contributed by atoms with E-state index in [4.69, 9.17) is 14.4 Å². The van der Waals surface area contributed by atoms with Gasteiger partial charge in [0.1, 0.15) is 11.3 Å². The van der Waals surface area contributed by atoms with Gasteiger partial charge in [-0.15, -0.1) is 0 Å². The van der Waals surface area contributed by atoms with Crippen molar-refractivity contribution < 1.29 is 9.52 Å². The Bertz CT molecular complexity index is 2440. The molecule has 0 bridgehead atoms. The molecule has 0 aliphatic rings. The van der Waals surface area contributed by atoms with Gasteiger partial charge < -0.3 is 9.52 Å². The summed E-state index contributed by atoms with van der Waals surface area (Å²) in [6, 6.07) is 36.0. The number of fused-ring (bicyclic) bond motifs is 3. The van der Waals surface area contributed by atoms with E-state index < -0.39 is 0 Å². The Morgan fingerprint density at radius 3 is 1.96 bits per heavy atom. The molecular formula is C46H46N2O2. The number of phenols is 1. The van der Waals surface area contributed by atoms with Gasteiger partial charge in [0.25, 0.3) is 0 Å². The van der Waals surface area contributed by atoms with Crippen LogP contribution in [0, 0.1) is 0 Å². The number of nitrogens with zero attached hydrogens (tertiary/aromatic N) is 2. The summed E-state index contributed by atoms with van der Waals surface area (Å²) in [7, 11) is 0. The lowest BCUT2D eigenvalue weighted by Gasteiger charge is -2.27. The number of phenolic OH excluding ortho intramolecular Hbond substituents is 1. The highest BCUT2D eigenvalue weighted by Crippen LogP contribution is 2.42. The van der Waals surface area contributed by atoms with Crippen LogP contribution in [0.25, 0.3) is 55.2 Å². The summed E-state index contributed by atoms with van der Waals surface area (Å²) in [6.07, 6.45) is 1.80. The van der Waals surface area contributed by atoms with Gasteiger partial charge in [0.15, 0.2) is 5.58 Å². The quantitative estimate of drug-likeness (QED) is 0.191. The van der Waals surface area contributed by atoms with Gasteiger partial charge in [-0.2, -0.15) is 0 Å². The van der Waals surface area contributed by atoms with Gasteiger partial charge >= 0.3 is 0 Å². The van der Waals surface area contributed by atoms with Crippen LogP contribution in [-0.4, -0.2) is 16.3 Å². The molecular weight excluding hydrogens is 613 g/mol. The van der Waals surface area contributed by atoms with Crippen LogP contribution in [0.15, 0.2) is 113 Å². The molecule has 7 aromatic rings. The number of benzene rings is 6. The fraction of sp³-hybridized carbons (Fsp3) is 0.261. The zero-order valence-corrected chi connectivity index (χ0v) is 30.6. The first-order valence-corrected chi connectivity index (χ1v) is 17.5.